The molecule has 22 heavy (non-hydrogen) atoms. The van der Waals surface area contributed by atoms with Crippen molar-refractivity contribution < 1.29 is 19.1 Å². The molecule has 1 aromatic carbocycles. The molecular formula is C14H15FN4O3. The predicted octanol–water partition coefficient (Wildman–Crippen LogP) is 1.25. The van der Waals surface area contributed by atoms with Gasteiger partial charge in [-0.1, -0.05) is 6.92 Å². The molecular weight excluding hydrogens is 291 g/mol. The maximum Gasteiger partial charge on any atom is 0.303 e. The molecule has 1 aromatic heterocycles. The summed E-state index contributed by atoms with van der Waals surface area (Å²) >= 11 is 0. The van der Waals surface area contributed by atoms with Gasteiger partial charge in [0.2, 0.25) is 0 Å². The number of nitrogens with zero attached hydrogens (tertiary/aromatic N) is 3. The maximum absolute atomic E-state index is 12.8. The Morgan fingerprint density at radius 2 is 2.05 bits per heavy atom. The molecule has 116 valence electrons. The highest BCUT2D eigenvalue weighted by atomic mass is 19.1. The Labute approximate surface area is 125 Å². The molecule has 1 heterocycles. The highest BCUT2D eigenvalue weighted by Gasteiger charge is 2.14. The van der Waals surface area contributed by atoms with Crippen molar-refractivity contribution in [3.8, 4) is 5.69 Å². The van der Waals surface area contributed by atoms with Crippen LogP contribution in [0.5, 0.6) is 0 Å². The molecule has 0 fully saturated rings. The van der Waals surface area contributed by atoms with E-state index in [1.54, 1.807) is 6.92 Å². The summed E-state index contributed by atoms with van der Waals surface area (Å²) in [6.07, 6.45) is 1.27. The fourth-order valence-electron chi connectivity index (χ4n) is 1.79. The zero-order valence-electron chi connectivity index (χ0n) is 11.9. The van der Waals surface area contributed by atoms with Gasteiger partial charge in [0.1, 0.15) is 5.82 Å². The minimum Gasteiger partial charge on any atom is -0.481 e. The second-order valence-corrected chi connectivity index (χ2v) is 4.91. The number of carbonyl (C=O) groups excluding carboxylic acids is 1. The first-order valence-electron chi connectivity index (χ1n) is 6.64. The van der Waals surface area contributed by atoms with Crippen LogP contribution < -0.4 is 5.32 Å². The van der Waals surface area contributed by atoms with Crippen LogP contribution in [0.1, 0.15) is 23.8 Å². The van der Waals surface area contributed by atoms with E-state index in [0.29, 0.717) is 5.69 Å². The second-order valence-electron chi connectivity index (χ2n) is 4.91. The number of aliphatic carboxylic acids is 1. The Bertz CT molecular complexity index is 669. The van der Waals surface area contributed by atoms with Gasteiger partial charge in [0.05, 0.1) is 11.9 Å². The lowest BCUT2D eigenvalue weighted by Crippen LogP contribution is -2.29. The molecule has 0 aliphatic rings. The number of hydrogen-bond acceptors (Lipinski definition) is 4. The number of nitrogens with one attached hydrogen (secondary N) is 1. The lowest BCUT2D eigenvalue weighted by atomic mass is 10.1. The first kappa shape index (κ1) is 15.6. The molecule has 0 saturated carbocycles. The quantitative estimate of drug-likeness (QED) is 0.837. The number of amides is 1. The lowest BCUT2D eigenvalue weighted by Gasteiger charge is -2.08. The van der Waals surface area contributed by atoms with Gasteiger partial charge in [-0.25, -0.2) is 4.39 Å². The summed E-state index contributed by atoms with van der Waals surface area (Å²) in [5.41, 5.74) is 0.631. The van der Waals surface area contributed by atoms with E-state index in [-0.39, 0.29) is 30.4 Å². The SMILES string of the molecule is CC(CNC(=O)c1cnn(-c2ccc(F)cc2)n1)CC(=O)O. The standard InChI is InChI=1S/C14H15FN4O3/c1-9(6-13(20)21)7-16-14(22)12-8-17-19(18-12)11-4-2-10(15)3-5-11/h2-5,8-9H,6-7H2,1H3,(H,16,22)(H,20,21). The lowest BCUT2D eigenvalue weighted by molar-refractivity contribution is -0.137. The Hall–Kier alpha value is -2.77. The van der Waals surface area contributed by atoms with Gasteiger partial charge in [0, 0.05) is 13.0 Å². The number of aromatic nitrogens is 3. The molecule has 2 aromatic rings. The fourth-order valence-corrected chi connectivity index (χ4v) is 1.79. The minimum atomic E-state index is -0.913. The number of halogens is 1. The number of carbonyl (C=O) groups is 2. The van der Waals surface area contributed by atoms with Crippen molar-refractivity contribution in [2.24, 2.45) is 5.92 Å². The van der Waals surface area contributed by atoms with Gasteiger partial charge in [0.15, 0.2) is 5.69 Å². The van der Waals surface area contributed by atoms with Gasteiger partial charge < -0.3 is 10.4 Å². The molecule has 2 rings (SSSR count). The molecule has 0 spiro atoms. The maximum atomic E-state index is 12.8. The van der Waals surface area contributed by atoms with E-state index in [2.05, 4.69) is 15.5 Å². The van der Waals surface area contributed by atoms with Crippen LogP contribution in [0.2, 0.25) is 0 Å². The zero-order valence-corrected chi connectivity index (χ0v) is 11.9. The van der Waals surface area contributed by atoms with E-state index in [4.69, 9.17) is 5.11 Å². The first-order valence-corrected chi connectivity index (χ1v) is 6.64. The van der Waals surface area contributed by atoms with Crippen molar-refractivity contribution in [1.29, 1.82) is 0 Å². The van der Waals surface area contributed by atoms with Gasteiger partial charge in [-0.3, -0.25) is 9.59 Å². The number of benzene rings is 1. The van der Waals surface area contributed by atoms with E-state index < -0.39 is 11.9 Å². The Balaban J connectivity index is 1.97. The monoisotopic (exact) mass is 306 g/mol. The van der Waals surface area contributed by atoms with Crippen LogP contribution in [-0.4, -0.2) is 38.5 Å². The molecule has 1 unspecified atom stereocenters. The molecule has 7 nitrogen and oxygen atoms in total. The summed E-state index contributed by atoms with van der Waals surface area (Å²) in [5, 5.41) is 19.2. The second kappa shape index (κ2) is 6.79. The van der Waals surface area contributed by atoms with E-state index >= 15 is 0 Å². The third-order valence-corrected chi connectivity index (χ3v) is 2.92. The van der Waals surface area contributed by atoms with Crippen molar-refractivity contribution in [3.05, 3.63) is 42.0 Å². The highest BCUT2D eigenvalue weighted by molar-refractivity contribution is 5.91. The Morgan fingerprint density at radius 3 is 2.68 bits per heavy atom. The topological polar surface area (TPSA) is 97.1 Å². The van der Waals surface area contributed by atoms with E-state index in [9.17, 15) is 14.0 Å². The van der Waals surface area contributed by atoms with Crippen molar-refractivity contribution >= 4 is 11.9 Å². The number of carboxylic acid groups (broad SMARTS) is 1. The van der Waals surface area contributed by atoms with Crippen LogP contribution in [-0.2, 0) is 4.79 Å². The summed E-state index contributed by atoms with van der Waals surface area (Å²) in [6, 6.07) is 5.52. The molecule has 1 atom stereocenters. The van der Waals surface area contributed by atoms with Gasteiger partial charge >= 0.3 is 5.97 Å². The van der Waals surface area contributed by atoms with Gasteiger partial charge in [-0.05, 0) is 30.2 Å². The van der Waals surface area contributed by atoms with Crippen molar-refractivity contribution in [2.45, 2.75) is 13.3 Å². The molecule has 1 amide bonds. The van der Waals surface area contributed by atoms with Crippen LogP contribution in [0.4, 0.5) is 4.39 Å². The van der Waals surface area contributed by atoms with Gasteiger partial charge in [-0.2, -0.15) is 9.90 Å². The molecule has 0 radical (unpaired) electrons. The smallest absolute Gasteiger partial charge is 0.303 e. The van der Waals surface area contributed by atoms with E-state index in [0.717, 1.165) is 0 Å². The van der Waals surface area contributed by atoms with Crippen LogP contribution in [0, 0.1) is 11.7 Å². The largest absolute Gasteiger partial charge is 0.481 e. The van der Waals surface area contributed by atoms with Crippen molar-refractivity contribution in [3.63, 3.8) is 0 Å². The summed E-state index contributed by atoms with van der Waals surface area (Å²) in [7, 11) is 0. The normalized spacial score (nSPS) is 11.9. The molecule has 0 saturated heterocycles. The van der Waals surface area contributed by atoms with E-state index in [1.165, 1.54) is 35.3 Å². The Kier molecular flexibility index (Phi) is 4.82. The van der Waals surface area contributed by atoms with Gasteiger partial charge in [-0.15, -0.1) is 5.10 Å². The molecule has 2 N–H and O–H groups in total. The number of rotatable bonds is 6. The molecule has 0 aliphatic heterocycles. The highest BCUT2D eigenvalue weighted by Crippen LogP contribution is 2.07. The molecule has 0 aliphatic carbocycles. The predicted molar refractivity (Wildman–Crippen MR) is 75.1 cm³/mol. The fraction of sp³-hybridized carbons (Fsp3) is 0.286. The molecule has 8 heteroatoms. The van der Waals surface area contributed by atoms with Crippen molar-refractivity contribution in [2.75, 3.05) is 6.54 Å². The third-order valence-electron chi connectivity index (χ3n) is 2.92. The van der Waals surface area contributed by atoms with Crippen LogP contribution in [0.25, 0.3) is 5.69 Å². The minimum absolute atomic E-state index is 0.0252. The van der Waals surface area contributed by atoms with Crippen molar-refractivity contribution in [1.82, 2.24) is 20.3 Å². The molecule has 0 bridgehead atoms. The average molecular weight is 306 g/mol. The van der Waals surface area contributed by atoms with Crippen LogP contribution >= 0.6 is 0 Å². The first-order chi connectivity index (χ1) is 10.5. The van der Waals surface area contributed by atoms with E-state index in [1.807, 2.05) is 0 Å². The van der Waals surface area contributed by atoms with Gasteiger partial charge in [0.25, 0.3) is 5.91 Å². The summed E-state index contributed by atoms with van der Waals surface area (Å²) < 4.78 is 12.8. The summed E-state index contributed by atoms with van der Waals surface area (Å²) in [5.74, 6) is -1.91. The Morgan fingerprint density at radius 1 is 1.36 bits per heavy atom. The summed E-state index contributed by atoms with van der Waals surface area (Å²) in [6.45, 7) is 1.96. The third kappa shape index (κ3) is 4.11. The van der Waals surface area contributed by atoms with Crippen LogP contribution in [0.15, 0.2) is 30.5 Å². The van der Waals surface area contributed by atoms with Crippen LogP contribution in [0.3, 0.4) is 0 Å². The number of hydrogen-bond donors (Lipinski definition) is 2. The zero-order chi connectivity index (χ0) is 16.1. The summed E-state index contributed by atoms with van der Waals surface area (Å²) in [4.78, 5) is 23.7. The number of carboxylic acids is 1. The average Bonchev–Trinajstić information content (AvgIpc) is 2.94.